The van der Waals surface area contributed by atoms with Crippen LogP contribution in [-0.4, -0.2) is 42.4 Å². The van der Waals surface area contributed by atoms with Crippen molar-refractivity contribution in [3.63, 3.8) is 0 Å². The van der Waals surface area contributed by atoms with Crippen LogP contribution in [0.25, 0.3) is 23.3 Å². The zero-order chi connectivity index (χ0) is 31.1. The van der Waals surface area contributed by atoms with Gasteiger partial charge in [0.1, 0.15) is 11.3 Å². The van der Waals surface area contributed by atoms with Crippen LogP contribution < -0.4 is 10.1 Å². The van der Waals surface area contributed by atoms with Gasteiger partial charge in [-0.1, -0.05) is 48.0 Å². The zero-order valence-corrected chi connectivity index (χ0v) is 24.8. The number of halogens is 1. The molecule has 1 atom stereocenters. The highest BCUT2D eigenvalue weighted by Crippen LogP contribution is 2.20. The van der Waals surface area contributed by atoms with E-state index >= 15 is 0 Å². The first kappa shape index (κ1) is 30.5. The molecule has 0 spiro atoms. The minimum Gasteiger partial charge on any atom is -0.477 e. The molecule has 0 saturated heterocycles. The molecule has 0 saturated carbocycles. The van der Waals surface area contributed by atoms with Crippen molar-refractivity contribution in [3.05, 3.63) is 125 Å². The number of nitrogens with zero attached hydrogens (tertiary/aromatic N) is 1. The lowest BCUT2D eigenvalue weighted by atomic mass is 10.1. The fourth-order valence-electron chi connectivity index (χ4n) is 4.35. The molecule has 0 radical (unpaired) electrons. The lowest BCUT2D eigenvalue weighted by molar-refractivity contribution is -0.146. The van der Waals surface area contributed by atoms with Gasteiger partial charge in [0.15, 0.2) is 15.4 Å². The van der Waals surface area contributed by atoms with Crippen LogP contribution >= 0.6 is 11.6 Å². The Hall–Kier alpha value is -4.93. The van der Waals surface area contributed by atoms with Gasteiger partial charge >= 0.3 is 5.97 Å². The predicted molar refractivity (Wildman–Crippen MR) is 167 cm³/mol. The molecule has 5 rings (SSSR count). The number of hydrogen-bond acceptors (Lipinski definition) is 7. The summed E-state index contributed by atoms with van der Waals surface area (Å²) in [5.74, 6) is -1.40. The predicted octanol–water partition coefficient (Wildman–Crippen LogP) is 6.28. The highest BCUT2D eigenvalue weighted by atomic mass is 35.5. The summed E-state index contributed by atoms with van der Waals surface area (Å²) in [6, 6.07) is 26.6. The number of hydrogen-bond donors (Lipinski definition) is 2. The number of fused-ring (bicyclic) bond motifs is 1. The molecular weight excluding hydrogens is 604 g/mol. The first-order chi connectivity index (χ1) is 21.2. The van der Waals surface area contributed by atoms with Gasteiger partial charge in [-0.3, -0.25) is 4.79 Å². The van der Waals surface area contributed by atoms with Crippen LogP contribution in [-0.2, 0) is 21.1 Å². The van der Waals surface area contributed by atoms with Crippen LogP contribution in [0.15, 0.2) is 106 Å². The van der Waals surface area contributed by atoms with Crippen molar-refractivity contribution in [2.24, 2.45) is 0 Å². The molecule has 1 aromatic heterocycles. The minimum atomic E-state index is -3.44. The number of sulfone groups is 1. The number of aromatic nitrogens is 1. The third-order valence-corrected chi connectivity index (χ3v) is 8.66. The molecule has 1 heterocycles. The van der Waals surface area contributed by atoms with E-state index in [9.17, 15) is 23.1 Å². The van der Waals surface area contributed by atoms with Crippen molar-refractivity contribution < 1.29 is 32.3 Å². The normalized spacial score (nSPS) is 12.3. The summed E-state index contributed by atoms with van der Waals surface area (Å²) in [6.45, 7) is 0. The fourth-order valence-corrected chi connectivity index (χ4v) is 5.79. The smallest absolute Gasteiger partial charge is 0.366 e. The first-order valence-electron chi connectivity index (χ1n) is 13.6. The summed E-state index contributed by atoms with van der Waals surface area (Å²) in [4.78, 5) is 29.4. The van der Waals surface area contributed by atoms with Gasteiger partial charge in [-0.25, -0.2) is 18.2 Å². The fraction of sp³-hybridized carbons (Fsp3) is 0.121. The Morgan fingerprint density at radius 1 is 0.955 bits per heavy atom. The maximum atomic E-state index is 12.9. The molecule has 0 aliphatic carbocycles. The average molecular weight is 631 g/mol. The molecule has 0 aliphatic heterocycles. The Morgan fingerprint density at radius 2 is 1.70 bits per heavy atom. The summed E-state index contributed by atoms with van der Waals surface area (Å²) in [6.07, 6.45) is 2.66. The molecule has 0 aliphatic rings. The van der Waals surface area contributed by atoms with E-state index in [0.29, 0.717) is 34.9 Å². The number of ether oxygens (including phenoxy) is 1. The van der Waals surface area contributed by atoms with Gasteiger partial charge in [0, 0.05) is 16.7 Å². The number of aliphatic carboxylic acids is 1. The van der Waals surface area contributed by atoms with Gasteiger partial charge in [-0.2, -0.15) is 0 Å². The Morgan fingerprint density at radius 3 is 2.43 bits per heavy atom. The Bertz CT molecular complexity index is 1890. The topological polar surface area (TPSA) is 136 Å². The van der Waals surface area contributed by atoms with E-state index in [1.165, 1.54) is 24.3 Å². The average Bonchev–Trinajstić information content (AvgIpc) is 3.44. The van der Waals surface area contributed by atoms with Gasteiger partial charge in [-0.15, -0.1) is 0 Å². The number of carbonyl (C=O) groups excluding carboxylic acids is 1. The van der Waals surface area contributed by atoms with Crippen molar-refractivity contribution >= 4 is 56.6 Å². The first-order valence-corrected chi connectivity index (χ1v) is 15.6. The van der Waals surface area contributed by atoms with Crippen molar-refractivity contribution in [1.82, 2.24) is 10.3 Å². The maximum Gasteiger partial charge on any atom is 0.366 e. The van der Waals surface area contributed by atoms with Crippen LogP contribution in [0.3, 0.4) is 0 Å². The summed E-state index contributed by atoms with van der Waals surface area (Å²) < 4.78 is 36.3. The van der Waals surface area contributed by atoms with E-state index in [4.69, 9.17) is 20.8 Å². The quantitative estimate of drug-likeness (QED) is 0.154. The molecule has 11 heteroatoms. The van der Waals surface area contributed by atoms with Crippen LogP contribution in [0, 0.1) is 0 Å². The second-order valence-corrected chi connectivity index (χ2v) is 12.4. The van der Waals surface area contributed by atoms with Crippen LogP contribution in [0.1, 0.15) is 33.8 Å². The van der Waals surface area contributed by atoms with Crippen molar-refractivity contribution in [2.75, 3.05) is 5.75 Å². The Labute approximate surface area is 258 Å². The minimum absolute atomic E-state index is 0.0339. The summed E-state index contributed by atoms with van der Waals surface area (Å²) in [5, 5.41) is 12.5. The summed E-state index contributed by atoms with van der Waals surface area (Å²) >= 11 is 5.84. The van der Waals surface area contributed by atoms with Gasteiger partial charge in [0.2, 0.25) is 5.89 Å². The summed E-state index contributed by atoms with van der Waals surface area (Å²) in [5.41, 5.74) is 3.17. The number of oxazole rings is 1. The molecule has 9 nitrogen and oxygen atoms in total. The van der Waals surface area contributed by atoms with Crippen molar-refractivity contribution in [3.8, 4) is 5.75 Å². The van der Waals surface area contributed by atoms with Gasteiger partial charge in [0.05, 0.1) is 10.6 Å². The van der Waals surface area contributed by atoms with E-state index in [-0.39, 0.29) is 22.0 Å². The lowest BCUT2D eigenvalue weighted by Gasteiger charge is -2.17. The monoisotopic (exact) mass is 630 g/mol. The molecule has 224 valence electrons. The van der Waals surface area contributed by atoms with E-state index in [2.05, 4.69) is 10.3 Å². The standard InChI is InChI=1S/C33H27ClN2O7S/c34-25-13-17-27(18-14-25)44(40,41)20-4-6-22-10-15-26(16-11-22)42-32(33(38)39)36-31(37)24-7-3-5-23(21-24)12-19-30-35-28-8-1-2-9-29(28)43-30/h1-3,5,7-19,21,32H,4,6,20H2,(H,36,37)(H,38,39). The van der Waals surface area contributed by atoms with E-state index in [1.54, 1.807) is 60.7 Å². The number of amides is 1. The number of para-hydroxylation sites is 2. The number of carboxylic acid groups (broad SMARTS) is 1. The summed E-state index contributed by atoms with van der Waals surface area (Å²) in [7, 11) is -3.44. The third kappa shape index (κ3) is 7.91. The van der Waals surface area contributed by atoms with Crippen LogP contribution in [0.2, 0.25) is 5.02 Å². The molecule has 1 unspecified atom stereocenters. The number of rotatable bonds is 12. The SMILES string of the molecule is O=C(NC(Oc1ccc(CCCS(=O)(=O)c2ccc(Cl)cc2)cc1)C(=O)O)c1cccc(C=Cc2nc3ccccc3o2)c1. The third-order valence-electron chi connectivity index (χ3n) is 6.59. The zero-order valence-electron chi connectivity index (χ0n) is 23.2. The number of carboxylic acids is 1. The molecule has 1 amide bonds. The Kier molecular flexibility index (Phi) is 9.42. The number of aryl methyl sites for hydroxylation is 1. The molecular formula is C33H27ClN2O7S. The molecule has 5 aromatic rings. The van der Waals surface area contributed by atoms with Crippen LogP contribution in [0.4, 0.5) is 0 Å². The van der Waals surface area contributed by atoms with Gasteiger partial charge in [-0.05, 0) is 90.7 Å². The van der Waals surface area contributed by atoms with E-state index in [1.807, 2.05) is 24.3 Å². The number of benzene rings is 4. The maximum absolute atomic E-state index is 12.9. The van der Waals surface area contributed by atoms with Gasteiger partial charge in [0.25, 0.3) is 12.1 Å². The highest BCUT2D eigenvalue weighted by Gasteiger charge is 2.23. The van der Waals surface area contributed by atoms with Crippen LogP contribution in [0.5, 0.6) is 5.75 Å². The largest absolute Gasteiger partial charge is 0.477 e. The molecule has 44 heavy (non-hydrogen) atoms. The van der Waals surface area contributed by atoms with E-state index in [0.717, 1.165) is 11.1 Å². The van der Waals surface area contributed by atoms with Crippen molar-refractivity contribution in [2.45, 2.75) is 24.0 Å². The molecule has 0 fully saturated rings. The molecule has 2 N–H and O–H groups in total. The lowest BCUT2D eigenvalue weighted by Crippen LogP contribution is -2.44. The highest BCUT2D eigenvalue weighted by molar-refractivity contribution is 7.91. The van der Waals surface area contributed by atoms with Crippen molar-refractivity contribution in [1.29, 1.82) is 0 Å². The second kappa shape index (κ2) is 13.6. The Balaban J connectivity index is 1.16. The number of carbonyl (C=O) groups is 2. The second-order valence-electron chi connectivity index (χ2n) is 9.81. The molecule has 0 bridgehead atoms. The van der Waals surface area contributed by atoms with E-state index < -0.39 is 27.9 Å². The molecule has 4 aromatic carbocycles. The van der Waals surface area contributed by atoms with Gasteiger partial charge < -0.3 is 19.6 Å². The number of nitrogens with one attached hydrogen (secondary N) is 1.